The Morgan fingerprint density at radius 3 is 2.87 bits per heavy atom. The molecule has 0 saturated carbocycles. The van der Waals surface area contributed by atoms with Crippen LogP contribution in [0.3, 0.4) is 0 Å². The molecule has 2 rings (SSSR count). The van der Waals surface area contributed by atoms with Crippen molar-refractivity contribution >= 4 is 17.6 Å². The number of hydrogen-bond acceptors (Lipinski definition) is 3. The van der Waals surface area contributed by atoms with Gasteiger partial charge in [0.15, 0.2) is 0 Å². The van der Waals surface area contributed by atoms with Crippen LogP contribution in [0.1, 0.15) is 13.3 Å². The molecule has 0 aliphatic carbocycles. The number of nitrogens with one attached hydrogen (secondary N) is 1. The lowest BCUT2D eigenvalue weighted by Gasteiger charge is -2.40. The highest BCUT2D eigenvalue weighted by Crippen LogP contribution is 2.19. The number of hydrogen-bond donors (Lipinski definition) is 1. The highest BCUT2D eigenvalue weighted by Gasteiger charge is 2.30. The Hall–Kier alpha value is -2.50. The second-order valence-electron chi connectivity index (χ2n) is 5.41. The highest BCUT2D eigenvalue weighted by atomic mass is 16.5. The Labute approximate surface area is 136 Å². The molecular weight excluding hydrogens is 294 g/mol. The molecule has 3 amide bonds. The number of carbonyl (C=O) groups excluding carboxylic acids is 2. The summed E-state index contributed by atoms with van der Waals surface area (Å²) in [6, 6.07) is 7.08. The molecule has 1 aliphatic heterocycles. The normalized spacial score (nSPS) is 17.6. The van der Waals surface area contributed by atoms with E-state index in [1.807, 2.05) is 25.1 Å². The van der Waals surface area contributed by atoms with Crippen molar-refractivity contribution in [1.82, 2.24) is 9.80 Å². The maximum atomic E-state index is 12.4. The predicted octanol–water partition coefficient (Wildman–Crippen LogP) is 2.34. The molecule has 1 fully saturated rings. The molecule has 1 heterocycles. The van der Waals surface area contributed by atoms with E-state index < -0.39 is 0 Å². The topological polar surface area (TPSA) is 61.9 Å². The van der Waals surface area contributed by atoms with Gasteiger partial charge in [-0.25, -0.2) is 4.79 Å². The zero-order chi connectivity index (χ0) is 16.8. The molecule has 0 unspecified atom stereocenters. The Morgan fingerprint density at radius 2 is 2.22 bits per heavy atom. The largest absolute Gasteiger partial charge is 0.497 e. The molecule has 124 valence electrons. The van der Waals surface area contributed by atoms with E-state index in [9.17, 15) is 9.59 Å². The van der Waals surface area contributed by atoms with E-state index in [0.29, 0.717) is 31.1 Å². The number of amides is 3. The fraction of sp³-hybridized carbons (Fsp3) is 0.412. The van der Waals surface area contributed by atoms with Crippen LogP contribution in [0.25, 0.3) is 0 Å². The number of nitrogens with zero attached hydrogens (tertiary/aromatic N) is 2. The van der Waals surface area contributed by atoms with Gasteiger partial charge in [-0.05, 0) is 24.6 Å². The summed E-state index contributed by atoms with van der Waals surface area (Å²) in [5, 5.41) is 2.87. The third-order valence-electron chi connectivity index (χ3n) is 4.02. The molecule has 6 nitrogen and oxygen atoms in total. The SMILES string of the molecule is C=CC(=O)N1CCN(C(=O)Nc2cccc(OC)c2)C[C@@H]1CC. The second kappa shape index (κ2) is 7.67. The van der Waals surface area contributed by atoms with Gasteiger partial charge in [0, 0.05) is 37.4 Å². The van der Waals surface area contributed by atoms with Crippen molar-refractivity contribution in [3.63, 3.8) is 0 Å². The summed E-state index contributed by atoms with van der Waals surface area (Å²) in [4.78, 5) is 27.8. The number of carbonyl (C=O) groups is 2. The van der Waals surface area contributed by atoms with E-state index in [-0.39, 0.29) is 18.0 Å². The summed E-state index contributed by atoms with van der Waals surface area (Å²) in [6.45, 7) is 7.09. The van der Waals surface area contributed by atoms with E-state index in [1.165, 1.54) is 6.08 Å². The van der Waals surface area contributed by atoms with Crippen LogP contribution in [0.2, 0.25) is 0 Å². The summed E-state index contributed by atoms with van der Waals surface area (Å²) in [7, 11) is 1.59. The predicted molar refractivity (Wildman–Crippen MR) is 89.6 cm³/mol. The molecule has 0 aromatic heterocycles. The van der Waals surface area contributed by atoms with Crippen molar-refractivity contribution < 1.29 is 14.3 Å². The Balaban J connectivity index is 2.00. The lowest BCUT2D eigenvalue weighted by Crippen LogP contribution is -2.56. The van der Waals surface area contributed by atoms with E-state index in [0.717, 1.165) is 6.42 Å². The van der Waals surface area contributed by atoms with Gasteiger partial charge < -0.3 is 19.9 Å². The summed E-state index contributed by atoms with van der Waals surface area (Å²) in [6.07, 6.45) is 2.12. The Kier molecular flexibility index (Phi) is 5.62. The number of benzene rings is 1. The maximum Gasteiger partial charge on any atom is 0.321 e. The van der Waals surface area contributed by atoms with E-state index in [1.54, 1.807) is 23.0 Å². The Bertz CT molecular complexity index is 588. The van der Waals surface area contributed by atoms with E-state index in [4.69, 9.17) is 4.74 Å². The molecule has 1 aromatic rings. The molecule has 1 aromatic carbocycles. The van der Waals surface area contributed by atoms with Gasteiger partial charge in [0.1, 0.15) is 5.75 Å². The van der Waals surface area contributed by atoms with Crippen LogP contribution in [0.5, 0.6) is 5.75 Å². The molecule has 1 aliphatic rings. The van der Waals surface area contributed by atoms with Crippen molar-refractivity contribution in [2.75, 3.05) is 32.1 Å². The highest BCUT2D eigenvalue weighted by molar-refractivity contribution is 5.90. The minimum Gasteiger partial charge on any atom is -0.497 e. The van der Waals surface area contributed by atoms with Crippen LogP contribution in [0.15, 0.2) is 36.9 Å². The molecule has 1 atom stereocenters. The van der Waals surface area contributed by atoms with Crippen LogP contribution in [-0.2, 0) is 4.79 Å². The van der Waals surface area contributed by atoms with Crippen LogP contribution in [-0.4, -0.2) is 54.5 Å². The minimum atomic E-state index is -0.164. The average molecular weight is 317 g/mol. The average Bonchev–Trinajstić information content (AvgIpc) is 2.60. The van der Waals surface area contributed by atoms with Gasteiger partial charge in [-0.2, -0.15) is 0 Å². The van der Waals surface area contributed by atoms with E-state index >= 15 is 0 Å². The van der Waals surface area contributed by atoms with Crippen molar-refractivity contribution in [2.45, 2.75) is 19.4 Å². The van der Waals surface area contributed by atoms with Crippen molar-refractivity contribution in [3.8, 4) is 5.75 Å². The first-order chi connectivity index (χ1) is 11.1. The Morgan fingerprint density at radius 1 is 1.43 bits per heavy atom. The fourth-order valence-electron chi connectivity index (χ4n) is 2.70. The van der Waals surface area contributed by atoms with Gasteiger partial charge in [0.25, 0.3) is 0 Å². The van der Waals surface area contributed by atoms with Gasteiger partial charge in [0.2, 0.25) is 5.91 Å². The van der Waals surface area contributed by atoms with Gasteiger partial charge >= 0.3 is 6.03 Å². The smallest absolute Gasteiger partial charge is 0.321 e. The second-order valence-corrected chi connectivity index (χ2v) is 5.41. The summed E-state index contributed by atoms with van der Waals surface area (Å²) in [5.74, 6) is 0.611. The molecule has 1 saturated heterocycles. The lowest BCUT2D eigenvalue weighted by atomic mass is 10.1. The monoisotopic (exact) mass is 317 g/mol. The minimum absolute atomic E-state index is 0.0188. The number of methoxy groups -OCH3 is 1. The lowest BCUT2D eigenvalue weighted by molar-refractivity contribution is -0.130. The summed E-state index contributed by atoms with van der Waals surface area (Å²) >= 11 is 0. The maximum absolute atomic E-state index is 12.4. The van der Waals surface area contributed by atoms with Crippen molar-refractivity contribution in [3.05, 3.63) is 36.9 Å². The van der Waals surface area contributed by atoms with Crippen molar-refractivity contribution in [2.24, 2.45) is 0 Å². The number of anilines is 1. The first-order valence-corrected chi connectivity index (χ1v) is 7.72. The molecular formula is C17H23N3O3. The molecule has 6 heteroatoms. The fourth-order valence-corrected chi connectivity index (χ4v) is 2.70. The first-order valence-electron chi connectivity index (χ1n) is 7.72. The molecule has 0 spiro atoms. The quantitative estimate of drug-likeness (QED) is 0.867. The van der Waals surface area contributed by atoms with E-state index in [2.05, 4.69) is 11.9 Å². The van der Waals surface area contributed by atoms with Gasteiger partial charge in [-0.3, -0.25) is 4.79 Å². The van der Waals surface area contributed by atoms with Gasteiger partial charge in [0.05, 0.1) is 7.11 Å². The molecule has 1 N–H and O–H groups in total. The zero-order valence-corrected chi connectivity index (χ0v) is 13.6. The van der Waals surface area contributed by atoms with Crippen molar-refractivity contribution in [1.29, 1.82) is 0 Å². The number of ether oxygens (including phenoxy) is 1. The molecule has 0 bridgehead atoms. The van der Waals surface area contributed by atoms with Gasteiger partial charge in [-0.15, -0.1) is 0 Å². The standard InChI is InChI=1S/C17H23N3O3/c1-4-14-12-19(9-10-20(14)16(21)5-2)17(22)18-13-7-6-8-15(11-13)23-3/h5-8,11,14H,2,4,9-10,12H2,1,3H3,(H,18,22)/t14-/m0/s1. The van der Waals surface area contributed by atoms with Gasteiger partial charge in [-0.1, -0.05) is 19.6 Å². The number of rotatable bonds is 4. The molecule has 0 radical (unpaired) electrons. The third-order valence-corrected chi connectivity index (χ3v) is 4.02. The summed E-state index contributed by atoms with van der Waals surface area (Å²) in [5.41, 5.74) is 0.687. The first kappa shape index (κ1) is 16.9. The molecule has 23 heavy (non-hydrogen) atoms. The third kappa shape index (κ3) is 4.03. The number of urea groups is 1. The zero-order valence-electron chi connectivity index (χ0n) is 13.6. The van der Waals surface area contributed by atoms with Crippen LogP contribution < -0.4 is 10.1 Å². The number of piperazine rings is 1. The van der Waals surface area contributed by atoms with Crippen LogP contribution in [0.4, 0.5) is 10.5 Å². The van der Waals surface area contributed by atoms with Crippen LogP contribution in [0, 0.1) is 0 Å². The van der Waals surface area contributed by atoms with Crippen LogP contribution >= 0.6 is 0 Å². The summed E-state index contributed by atoms with van der Waals surface area (Å²) < 4.78 is 5.15.